The molecule has 0 bridgehead atoms. The molecule has 4 heterocycles. The number of hydrogen-bond acceptors (Lipinski definition) is 4. The summed E-state index contributed by atoms with van der Waals surface area (Å²) < 4.78 is 15.9. The molecule has 0 radical (unpaired) electrons. The van der Waals surface area contributed by atoms with Crippen molar-refractivity contribution >= 4 is 87.4 Å². The van der Waals surface area contributed by atoms with Crippen LogP contribution in [0, 0.1) is 0 Å². The summed E-state index contributed by atoms with van der Waals surface area (Å²) in [7, 11) is 0. The number of fused-ring (bicyclic) bond motifs is 18. The third-order valence-electron chi connectivity index (χ3n) is 12.4. The molecule has 5 nitrogen and oxygen atoms in total. The summed E-state index contributed by atoms with van der Waals surface area (Å²) in [6.07, 6.45) is 0. The average molecular weight is 718 g/mol. The zero-order valence-electron chi connectivity index (χ0n) is 30.6. The van der Waals surface area contributed by atoms with Gasteiger partial charge in [0.1, 0.15) is 27.9 Å². The molecule has 1 aliphatic carbocycles. The minimum Gasteiger partial charge on any atom is -0.454 e. The van der Waals surface area contributed by atoms with Gasteiger partial charge in [-0.2, -0.15) is 0 Å². The molecule has 8 aromatic carbocycles. The van der Waals surface area contributed by atoms with Crippen LogP contribution < -0.4 is 0 Å². The molecule has 5 heteroatoms. The van der Waals surface area contributed by atoms with Crippen LogP contribution in [-0.2, 0) is 5.41 Å². The lowest BCUT2D eigenvalue weighted by Gasteiger charge is -2.22. The van der Waals surface area contributed by atoms with E-state index in [0.717, 1.165) is 82.3 Å². The van der Waals surface area contributed by atoms with Crippen molar-refractivity contribution in [1.29, 1.82) is 0 Å². The fraction of sp³-hybridized carbons (Fsp3) is 0.0588. The molecular weight excluding hydrogens is 687 g/mol. The van der Waals surface area contributed by atoms with Crippen molar-refractivity contribution in [1.82, 2.24) is 14.5 Å². The molecule has 4 aromatic heterocycles. The van der Waals surface area contributed by atoms with E-state index in [4.69, 9.17) is 18.8 Å². The minimum atomic E-state index is -0.174. The highest BCUT2D eigenvalue weighted by Gasteiger charge is 2.36. The zero-order chi connectivity index (χ0) is 36.9. The zero-order valence-corrected chi connectivity index (χ0v) is 30.6. The monoisotopic (exact) mass is 717 g/mol. The second-order valence-electron chi connectivity index (χ2n) is 15.7. The molecule has 0 N–H and O–H groups in total. The van der Waals surface area contributed by atoms with Crippen molar-refractivity contribution in [3.63, 3.8) is 0 Å². The van der Waals surface area contributed by atoms with Gasteiger partial charge < -0.3 is 8.83 Å². The quantitative estimate of drug-likeness (QED) is 0.179. The van der Waals surface area contributed by atoms with Gasteiger partial charge in [-0.05, 0) is 74.1 Å². The van der Waals surface area contributed by atoms with Gasteiger partial charge in [-0.15, -0.1) is 0 Å². The van der Waals surface area contributed by atoms with E-state index in [2.05, 4.69) is 146 Å². The van der Waals surface area contributed by atoms with E-state index in [9.17, 15) is 0 Å². The van der Waals surface area contributed by atoms with Crippen LogP contribution in [0.25, 0.3) is 116 Å². The molecule has 262 valence electrons. The molecule has 1 aliphatic rings. The second-order valence-corrected chi connectivity index (χ2v) is 15.7. The number of furan rings is 2. The van der Waals surface area contributed by atoms with Crippen LogP contribution in [0.1, 0.15) is 25.0 Å². The third kappa shape index (κ3) is 3.74. The molecule has 0 saturated carbocycles. The Morgan fingerprint density at radius 2 is 1.14 bits per heavy atom. The van der Waals surface area contributed by atoms with Crippen molar-refractivity contribution in [3.8, 4) is 28.3 Å². The Kier molecular flexibility index (Phi) is 5.65. The van der Waals surface area contributed by atoms with Gasteiger partial charge in [0.15, 0.2) is 11.2 Å². The maximum absolute atomic E-state index is 6.94. The molecule has 0 spiro atoms. The van der Waals surface area contributed by atoms with E-state index in [-0.39, 0.29) is 5.41 Å². The first-order chi connectivity index (χ1) is 27.5. The van der Waals surface area contributed by atoms with Gasteiger partial charge in [-0.3, -0.25) is 4.57 Å². The van der Waals surface area contributed by atoms with Gasteiger partial charge in [0.25, 0.3) is 0 Å². The summed E-state index contributed by atoms with van der Waals surface area (Å²) in [6.45, 7) is 4.63. The number of nitrogens with zero attached hydrogens (tertiary/aromatic N) is 3. The summed E-state index contributed by atoms with van der Waals surface area (Å²) in [5.41, 5.74) is 12.6. The molecule has 56 heavy (non-hydrogen) atoms. The van der Waals surface area contributed by atoms with Crippen molar-refractivity contribution in [2.24, 2.45) is 0 Å². The van der Waals surface area contributed by atoms with E-state index in [1.807, 2.05) is 24.3 Å². The fourth-order valence-corrected chi connectivity index (χ4v) is 9.87. The van der Waals surface area contributed by atoms with Crippen LogP contribution in [-0.4, -0.2) is 14.5 Å². The van der Waals surface area contributed by atoms with Gasteiger partial charge in [0.2, 0.25) is 5.95 Å². The van der Waals surface area contributed by atoms with Crippen LogP contribution in [0.15, 0.2) is 160 Å². The molecule has 0 saturated heterocycles. The summed E-state index contributed by atoms with van der Waals surface area (Å²) in [4.78, 5) is 11.0. The minimum absolute atomic E-state index is 0.174. The van der Waals surface area contributed by atoms with E-state index < -0.39 is 0 Å². The first-order valence-corrected chi connectivity index (χ1v) is 19.2. The lowest BCUT2D eigenvalue weighted by Crippen LogP contribution is -2.15. The van der Waals surface area contributed by atoms with Crippen molar-refractivity contribution in [2.75, 3.05) is 0 Å². The van der Waals surface area contributed by atoms with Crippen molar-refractivity contribution in [2.45, 2.75) is 19.3 Å². The number of aromatic nitrogens is 3. The van der Waals surface area contributed by atoms with Crippen LogP contribution >= 0.6 is 0 Å². The third-order valence-corrected chi connectivity index (χ3v) is 12.4. The maximum Gasteiger partial charge on any atom is 0.236 e. The summed E-state index contributed by atoms with van der Waals surface area (Å²) >= 11 is 0. The lowest BCUT2D eigenvalue weighted by molar-refractivity contribution is 0.659. The first-order valence-electron chi connectivity index (χ1n) is 19.2. The predicted octanol–water partition coefficient (Wildman–Crippen LogP) is 13.7. The highest BCUT2D eigenvalue weighted by Crippen LogP contribution is 2.51. The number of hydrogen-bond donors (Lipinski definition) is 0. The fourth-order valence-electron chi connectivity index (χ4n) is 9.87. The van der Waals surface area contributed by atoms with Gasteiger partial charge in [0, 0.05) is 37.9 Å². The normalized spacial score (nSPS) is 13.7. The number of para-hydroxylation sites is 2. The molecule has 0 unspecified atom stereocenters. The largest absolute Gasteiger partial charge is 0.454 e. The molecule has 0 fully saturated rings. The maximum atomic E-state index is 6.94. The Bertz CT molecular complexity index is 3690. The van der Waals surface area contributed by atoms with Gasteiger partial charge in [-0.25, -0.2) is 9.97 Å². The average Bonchev–Trinajstić information content (AvgIpc) is 3.98. The summed E-state index contributed by atoms with van der Waals surface area (Å²) in [5.74, 6) is 0.564. The SMILES string of the molecule is CC1(C)c2ccccc2-c2ccc(-c3nc(-n4c5ccc6ccccc6c5c5c6ccccc6c6c7ccccc7oc6c54)nc4c3oc3ccccc34)cc21. The van der Waals surface area contributed by atoms with Crippen molar-refractivity contribution < 1.29 is 8.83 Å². The van der Waals surface area contributed by atoms with E-state index in [1.165, 1.54) is 33.0 Å². The van der Waals surface area contributed by atoms with Crippen molar-refractivity contribution in [3.05, 3.63) is 163 Å². The molecule has 13 rings (SSSR count). The van der Waals surface area contributed by atoms with Crippen LogP contribution in [0.3, 0.4) is 0 Å². The second kappa shape index (κ2) is 10.5. The summed E-state index contributed by atoms with van der Waals surface area (Å²) in [5, 5.41) is 10.1. The predicted molar refractivity (Wildman–Crippen MR) is 229 cm³/mol. The Morgan fingerprint density at radius 1 is 0.500 bits per heavy atom. The number of benzene rings is 8. The van der Waals surface area contributed by atoms with Crippen LogP contribution in [0.2, 0.25) is 0 Å². The Hall–Kier alpha value is -7.24. The topological polar surface area (TPSA) is 57.0 Å². The highest BCUT2D eigenvalue weighted by atomic mass is 16.3. The molecular formula is C51H31N3O2. The molecule has 12 aromatic rings. The Balaban J connectivity index is 1.22. The molecule has 0 amide bonds. The van der Waals surface area contributed by atoms with Gasteiger partial charge in [0.05, 0.1) is 5.52 Å². The van der Waals surface area contributed by atoms with E-state index in [1.54, 1.807) is 0 Å². The van der Waals surface area contributed by atoms with Gasteiger partial charge >= 0.3 is 0 Å². The lowest BCUT2D eigenvalue weighted by atomic mass is 9.82. The Labute approximate surface area is 320 Å². The van der Waals surface area contributed by atoms with E-state index >= 15 is 0 Å². The highest BCUT2D eigenvalue weighted by molar-refractivity contribution is 6.37. The first kappa shape index (κ1) is 30.1. The summed E-state index contributed by atoms with van der Waals surface area (Å²) in [6, 6.07) is 53.8. The number of rotatable bonds is 2. The smallest absolute Gasteiger partial charge is 0.236 e. The van der Waals surface area contributed by atoms with Gasteiger partial charge in [-0.1, -0.05) is 135 Å². The van der Waals surface area contributed by atoms with Crippen LogP contribution in [0.5, 0.6) is 0 Å². The molecule has 0 aliphatic heterocycles. The van der Waals surface area contributed by atoms with Crippen LogP contribution in [0.4, 0.5) is 0 Å². The standard InChI is InChI=1S/C51H31N3O2/c1-51(2)37-20-10-7-15-31(37)32-25-23-29(27-38(32)51)45-49-46(36-19-9-12-22-41(36)56-49)53-50(52-45)54-39-26-24-28-13-3-4-14-30(28)43(39)44-34-17-6-5-16-33(34)42-35-18-8-11-21-40(35)55-48(42)47(44)54/h3-27H,1-2H3. The Morgan fingerprint density at radius 3 is 1.98 bits per heavy atom. The van der Waals surface area contributed by atoms with E-state index in [0.29, 0.717) is 11.5 Å². The molecule has 0 atom stereocenters.